The number of para-hydroxylation sites is 1. The average Bonchev–Trinajstić information content (AvgIpc) is 3.60. The van der Waals surface area contributed by atoms with Crippen LogP contribution in [0.15, 0.2) is 114 Å². The molecular formula is C31H18N2OS. The Balaban J connectivity index is 1.50. The van der Waals surface area contributed by atoms with E-state index < -0.39 is 0 Å². The molecular weight excluding hydrogens is 448 g/mol. The van der Waals surface area contributed by atoms with Gasteiger partial charge in [0.25, 0.3) is 0 Å². The monoisotopic (exact) mass is 466 g/mol. The highest BCUT2D eigenvalue weighted by atomic mass is 32.1. The lowest BCUT2D eigenvalue weighted by Gasteiger charge is -2.09. The van der Waals surface area contributed by atoms with Gasteiger partial charge in [-0.1, -0.05) is 66.7 Å². The van der Waals surface area contributed by atoms with Crippen LogP contribution in [0.5, 0.6) is 0 Å². The molecule has 8 rings (SSSR count). The van der Waals surface area contributed by atoms with E-state index in [1.54, 1.807) is 0 Å². The van der Waals surface area contributed by atoms with Crippen molar-refractivity contribution in [2.45, 2.75) is 0 Å². The van der Waals surface area contributed by atoms with Crippen LogP contribution >= 0.6 is 11.3 Å². The van der Waals surface area contributed by atoms with Crippen LogP contribution in [-0.4, -0.2) is 9.55 Å². The summed E-state index contributed by atoms with van der Waals surface area (Å²) < 4.78 is 11.4. The zero-order valence-electron chi connectivity index (χ0n) is 18.6. The van der Waals surface area contributed by atoms with Crippen molar-refractivity contribution in [3.63, 3.8) is 0 Å². The maximum Gasteiger partial charge on any atom is 0.227 e. The van der Waals surface area contributed by atoms with Gasteiger partial charge in [0.1, 0.15) is 5.52 Å². The van der Waals surface area contributed by atoms with Crippen LogP contribution in [0, 0.1) is 0 Å². The number of thiophene rings is 1. The zero-order valence-corrected chi connectivity index (χ0v) is 19.4. The first-order chi connectivity index (χ1) is 17.4. The Morgan fingerprint density at radius 3 is 2.31 bits per heavy atom. The van der Waals surface area contributed by atoms with Gasteiger partial charge in [-0.25, -0.2) is 4.98 Å². The van der Waals surface area contributed by atoms with Gasteiger partial charge in [0.05, 0.1) is 26.8 Å². The SMILES string of the molecule is c1ccc(-c2nc3ccc4c(c5ccccc5n4-c4cccc5c4sc4ccccc45)c3o2)cc1. The Bertz CT molecular complexity index is 2060. The van der Waals surface area contributed by atoms with E-state index in [1.807, 2.05) is 41.7 Å². The predicted octanol–water partition coefficient (Wildman–Crippen LogP) is 8.96. The molecule has 164 valence electrons. The van der Waals surface area contributed by atoms with Crippen LogP contribution in [0.1, 0.15) is 0 Å². The summed E-state index contributed by atoms with van der Waals surface area (Å²) >= 11 is 1.85. The van der Waals surface area contributed by atoms with Gasteiger partial charge in [-0.3, -0.25) is 0 Å². The van der Waals surface area contributed by atoms with Crippen molar-refractivity contribution in [2.24, 2.45) is 0 Å². The molecule has 0 fully saturated rings. The van der Waals surface area contributed by atoms with Crippen LogP contribution in [0.25, 0.3) is 70.2 Å². The first-order valence-corrected chi connectivity index (χ1v) is 12.5. The van der Waals surface area contributed by atoms with Gasteiger partial charge in [0.2, 0.25) is 5.89 Å². The van der Waals surface area contributed by atoms with Gasteiger partial charge in [0, 0.05) is 26.4 Å². The Kier molecular flexibility index (Phi) is 3.82. The van der Waals surface area contributed by atoms with E-state index in [9.17, 15) is 0 Å². The van der Waals surface area contributed by atoms with Crippen molar-refractivity contribution in [3.8, 4) is 17.1 Å². The molecule has 0 amide bonds. The van der Waals surface area contributed by atoms with Crippen LogP contribution in [0.3, 0.4) is 0 Å². The fourth-order valence-electron chi connectivity index (χ4n) is 5.31. The van der Waals surface area contributed by atoms with Crippen molar-refractivity contribution in [3.05, 3.63) is 109 Å². The number of aromatic nitrogens is 2. The average molecular weight is 467 g/mol. The van der Waals surface area contributed by atoms with Crippen molar-refractivity contribution in [1.82, 2.24) is 9.55 Å². The number of benzene rings is 5. The topological polar surface area (TPSA) is 31.0 Å². The highest BCUT2D eigenvalue weighted by Crippen LogP contribution is 2.42. The fourth-order valence-corrected chi connectivity index (χ4v) is 6.52. The molecule has 8 aromatic rings. The molecule has 0 aliphatic carbocycles. The standard InChI is InChI=1S/C31H18N2OS/c1-2-9-19(10-3-1)31-32-23-17-18-25-28(29(23)34-31)22-12-4-6-14-24(22)33(25)26-15-8-13-21-20-11-5-7-16-27(20)35-30(21)26/h1-18H. The summed E-state index contributed by atoms with van der Waals surface area (Å²) in [6.45, 7) is 0. The summed E-state index contributed by atoms with van der Waals surface area (Å²) in [6.07, 6.45) is 0. The third-order valence-electron chi connectivity index (χ3n) is 6.84. The van der Waals surface area contributed by atoms with Crippen LogP contribution in [0.2, 0.25) is 0 Å². The molecule has 0 N–H and O–H groups in total. The fraction of sp³-hybridized carbons (Fsp3) is 0. The molecule has 0 radical (unpaired) electrons. The van der Waals surface area contributed by atoms with E-state index in [0.29, 0.717) is 5.89 Å². The Labute approximate surface area is 204 Å². The molecule has 0 unspecified atom stereocenters. The minimum absolute atomic E-state index is 0.650. The maximum atomic E-state index is 6.44. The van der Waals surface area contributed by atoms with Gasteiger partial charge >= 0.3 is 0 Å². The molecule has 0 atom stereocenters. The van der Waals surface area contributed by atoms with Crippen LogP contribution in [-0.2, 0) is 0 Å². The van der Waals surface area contributed by atoms with Crippen molar-refractivity contribution in [2.75, 3.05) is 0 Å². The number of fused-ring (bicyclic) bond motifs is 8. The molecule has 3 heterocycles. The molecule has 3 aromatic heterocycles. The second-order valence-corrected chi connectivity index (χ2v) is 9.85. The normalized spacial score (nSPS) is 12.0. The zero-order chi connectivity index (χ0) is 22.9. The molecule has 0 bridgehead atoms. The minimum Gasteiger partial charge on any atom is -0.435 e. The molecule has 3 nitrogen and oxygen atoms in total. The van der Waals surface area contributed by atoms with E-state index in [-0.39, 0.29) is 0 Å². The van der Waals surface area contributed by atoms with Crippen molar-refractivity contribution >= 4 is 64.4 Å². The molecule has 0 saturated heterocycles. The third kappa shape index (κ3) is 2.63. The Morgan fingerprint density at radius 2 is 1.40 bits per heavy atom. The largest absolute Gasteiger partial charge is 0.435 e. The highest BCUT2D eigenvalue weighted by molar-refractivity contribution is 7.26. The lowest BCUT2D eigenvalue weighted by molar-refractivity contribution is 0.623. The quantitative estimate of drug-likeness (QED) is 0.255. The summed E-state index contributed by atoms with van der Waals surface area (Å²) in [4.78, 5) is 4.83. The number of oxazole rings is 1. The Morgan fingerprint density at radius 1 is 0.629 bits per heavy atom. The van der Waals surface area contributed by atoms with Crippen LogP contribution in [0.4, 0.5) is 0 Å². The summed E-state index contributed by atoms with van der Waals surface area (Å²) in [5.41, 5.74) is 6.17. The molecule has 0 aliphatic heterocycles. The van der Waals surface area contributed by atoms with Crippen LogP contribution < -0.4 is 0 Å². The van der Waals surface area contributed by atoms with E-state index in [2.05, 4.69) is 83.4 Å². The van der Waals surface area contributed by atoms with Crippen molar-refractivity contribution < 1.29 is 4.42 Å². The second-order valence-electron chi connectivity index (χ2n) is 8.80. The van der Waals surface area contributed by atoms with E-state index in [0.717, 1.165) is 33.1 Å². The summed E-state index contributed by atoms with van der Waals surface area (Å²) in [7, 11) is 0. The van der Waals surface area contributed by atoms with E-state index >= 15 is 0 Å². The smallest absolute Gasteiger partial charge is 0.227 e. The lowest BCUT2D eigenvalue weighted by Crippen LogP contribution is -1.93. The third-order valence-corrected chi connectivity index (χ3v) is 8.05. The van der Waals surface area contributed by atoms with Gasteiger partial charge < -0.3 is 8.98 Å². The molecule has 0 saturated carbocycles. The molecule has 0 spiro atoms. The van der Waals surface area contributed by atoms with Gasteiger partial charge in [-0.2, -0.15) is 0 Å². The van der Waals surface area contributed by atoms with Gasteiger partial charge in [-0.05, 0) is 42.5 Å². The number of hydrogen-bond acceptors (Lipinski definition) is 3. The molecule has 4 heteroatoms. The summed E-state index contributed by atoms with van der Waals surface area (Å²) in [5, 5.41) is 4.87. The maximum absolute atomic E-state index is 6.44. The second kappa shape index (κ2) is 7.05. The number of nitrogens with zero attached hydrogens (tertiary/aromatic N) is 2. The first kappa shape index (κ1) is 19.0. The Hall–Kier alpha value is -4.41. The predicted molar refractivity (Wildman–Crippen MR) is 147 cm³/mol. The first-order valence-electron chi connectivity index (χ1n) is 11.7. The molecule has 35 heavy (non-hydrogen) atoms. The van der Waals surface area contributed by atoms with Gasteiger partial charge in [0.15, 0.2) is 5.58 Å². The van der Waals surface area contributed by atoms with Crippen molar-refractivity contribution in [1.29, 1.82) is 0 Å². The highest BCUT2D eigenvalue weighted by Gasteiger charge is 2.20. The minimum atomic E-state index is 0.650. The van der Waals surface area contributed by atoms with Gasteiger partial charge in [-0.15, -0.1) is 11.3 Å². The van der Waals surface area contributed by atoms with E-state index in [4.69, 9.17) is 9.40 Å². The molecule has 0 aliphatic rings. The number of rotatable bonds is 2. The summed E-state index contributed by atoms with van der Waals surface area (Å²) in [5.74, 6) is 0.650. The number of hydrogen-bond donors (Lipinski definition) is 0. The summed E-state index contributed by atoms with van der Waals surface area (Å²) in [6, 6.07) is 38.2. The lowest BCUT2D eigenvalue weighted by atomic mass is 10.1. The molecule has 5 aromatic carbocycles. The van der Waals surface area contributed by atoms with E-state index in [1.165, 1.54) is 31.2 Å².